The van der Waals surface area contributed by atoms with Gasteiger partial charge in [0.25, 0.3) is 0 Å². The van der Waals surface area contributed by atoms with Crippen molar-refractivity contribution in [3.05, 3.63) is 40.8 Å². The summed E-state index contributed by atoms with van der Waals surface area (Å²) in [4.78, 5) is 11.1. The van der Waals surface area contributed by atoms with Gasteiger partial charge >= 0.3 is 5.63 Å². The standard InChI is InChI=1S/C14H16O5/c15-9-11(16)2-1-7-18-12-5-3-10-4-6-14(17)19-13(10)8-12/h3-6,8,11,15-16H,1-2,7,9H2/t11-/m1/s1. The monoisotopic (exact) mass is 264 g/mol. The summed E-state index contributed by atoms with van der Waals surface area (Å²) in [7, 11) is 0. The summed E-state index contributed by atoms with van der Waals surface area (Å²) >= 11 is 0. The predicted octanol–water partition coefficient (Wildman–Crippen LogP) is 1.31. The van der Waals surface area contributed by atoms with Crippen LogP contribution >= 0.6 is 0 Å². The van der Waals surface area contributed by atoms with Crippen molar-refractivity contribution in [1.82, 2.24) is 0 Å². The number of hydrogen-bond donors (Lipinski definition) is 2. The molecule has 5 heteroatoms. The number of hydrogen-bond acceptors (Lipinski definition) is 5. The van der Waals surface area contributed by atoms with Crippen molar-refractivity contribution in [2.75, 3.05) is 13.2 Å². The van der Waals surface area contributed by atoms with Gasteiger partial charge in [-0.2, -0.15) is 0 Å². The normalized spacial score (nSPS) is 12.5. The Morgan fingerprint density at radius 3 is 2.84 bits per heavy atom. The van der Waals surface area contributed by atoms with Crippen LogP contribution in [0.15, 0.2) is 39.5 Å². The molecule has 0 aliphatic carbocycles. The SMILES string of the molecule is O=c1ccc2ccc(OCCC[C@@H](O)CO)cc2o1. The first-order valence-corrected chi connectivity index (χ1v) is 6.14. The van der Waals surface area contributed by atoms with Crippen LogP contribution in [0.4, 0.5) is 0 Å². The maximum Gasteiger partial charge on any atom is 0.336 e. The minimum Gasteiger partial charge on any atom is -0.493 e. The molecule has 102 valence electrons. The fraction of sp³-hybridized carbons (Fsp3) is 0.357. The number of rotatable bonds is 6. The summed E-state index contributed by atoms with van der Waals surface area (Å²) in [6.45, 7) is 0.195. The van der Waals surface area contributed by atoms with Crippen molar-refractivity contribution in [3.63, 3.8) is 0 Å². The van der Waals surface area contributed by atoms with Gasteiger partial charge < -0.3 is 19.4 Å². The summed E-state index contributed by atoms with van der Waals surface area (Å²) in [6.07, 6.45) is 0.427. The van der Waals surface area contributed by atoms with E-state index in [1.54, 1.807) is 18.2 Å². The average molecular weight is 264 g/mol. The fourth-order valence-corrected chi connectivity index (χ4v) is 1.73. The third kappa shape index (κ3) is 3.81. The highest BCUT2D eigenvalue weighted by molar-refractivity contribution is 5.77. The molecule has 1 heterocycles. The zero-order valence-corrected chi connectivity index (χ0v) is 10.4. The molecule has 1 atom stereocenters. The molecule has 0 radical (unpaired) electrons. The summed E-state index contributed by atoms with van der Waals surface area (Å²) in [5.74, 6) is 0.611. The van der Waals surface area contributed by atoms with Crippen molar-refractivity contribution >= 4 is 11.0 Å². The summed E-state index contributed by atoms with van der Waals surface area (Å²) in [6, 6.07) is 8.35. The highest BCUT2D eigenvalue weighted by Gasteiger charge is 2.03. The minimum absolute atomic E-state index is 0.235. The molecule has 0 aliphatic heterocycles. The molecule has 0 saturated carbocycles. The first kappa shape index (κ1) is 13.6. The lowest BCUT2D eigenvalue weighted by molar-refractivity contribution is 0.0828. The van der Waals surface area contributed by atoms with Gasteiger partial charge in [0.15, 0.2) is 0 Å². The van der Waals surface area contributed by atoms with Crippen molar-refractivity contribution in [2.45, 2.75) is 18.9 Å². The minimum atomic E-state index is -0.696. The molecule has 0 fully saturated rings. The fourth-order valence-electron chi connectivity index (χ4n) is 1.73. The number of aliphatic hydroxyl groups excluding tert-OH is 2. The predicted molar refractivity (Wildman–Crippen MR) is 70.3 cm³/mol. The van der Waals surface area contributed by atoms with Crippen LogP contribution in [0, 0.1) is 0 Å². The maximum absolute atomic E-state index is 11.1. The maximum atomic E-state index is 11.1. The van der Waals surface area contributed by atoms with E-state index in [0.717, 1.165) is 5.39 Å². The molecule has 2 N–H and O–H groups in total. The van der Waals surface area contributed by atoms with Crippen molar-refractivity contribution < 1.29 is 19.4 Å². The molecule has 0 saturated heterocycles. The van der Waals surface area contributed by atoms with Crippen LogP contribution < -0.4 is 10.4 Å². The molecule has 0 aliphatic rings. The van der Waals surface area contributed by atoms with Gasteiger partial charge in [-0.1, -0.05) is 0 Å². The van der Waals surface area contributed by atoms with Crippen LogP contribution in [0.3, 0.4) is 0 Å². The van der Waals surface area contributed by atoms with E-state index in [1.807, 2.05) is 6.07 Å². The second kappa shape index (κ2) is 6.36. The van der Waals surface area contributed by atoms with Crippen LogP contribution in [0.2, 0.25) is 0 Å². The molecule has 2 rings (SSSR count). The number of benzene rings is 1. The molecule has 2 aromatic rings. The van der Waals surface area contributed by atoms with Gasteiger partial charge in [-0.3, -0.25) is 0 Å². The Kier molecular flexibility index (Phi) is 4.54. The molecular formula is C14H16O5. The van der Waals surface area contributed by atoms with Gasteiger partial charge in [0, 0.05) is 17.5 Å². The topological polar surface area (TPSA) is 79.9 Å². The van der Waals surface area contributed by atoms with Crippen molar-refractivity contribution in [2.24, 2.45) is 0 Å². The van der Waals surface area contributed by atoms with Gasteiger partial charge in [0.1, 0.15) is 11.3 Å². The molecule has 1 aromatic heterocycles. The summed E-state index contributed by atoms with van der Waals surface area (Å²) in [5.41, 5.74) is 0.0936. The lowest BCUT2D eigenvalue weighted by Gasteiger charge is -2.08. The quantitative estimate of drug-likeness (QED) is 0.607. The van der Waals surface area contributed by atoms with E-state index in [4.69, 9.17) is 14.3 Å². The summed E-state index contributed by atoms with van der Waals surface area (Å²) < 4.78 is 10.5. The second-order valence-corrected chi connectivity index (χ2v) is 4.28. The Morgan fingerprint density at radius 2 is 2.05 bits per heavy atom. The Bertz CT molecular complexity index is 590. The Balaban J connectivity index is 1.95. The molecule has 5 nitrogen and oxygen atoms in total. The van der Waals surface area contributed by atoms with Gasteiger partial charge in [0.2, 0.25) is 0 Å². The second-order valence-electron chi connectivity index (χ2n) is 4.28. The highest BCUT2D eigenvalue weighted by Crippen LogP contribution is 2.19. The van der Waals surface area contributed by atoms with Gasteiger partial charge in [-0.15, -0.1) is 0 Å². The van der Waals surface area contributed by atoms with Crippen LogP contribution in [-0.2, 0) is 0 Å². The van der Waals surface area contributed by atoms with E-state index in [0.29, 0.717) is 30.8 Å². The molecular weight excluding hydrogens is 248 g/mol. The largest absolute Gasteiger partial charge is 0.493 e. The first-order valence-electron chi connectivity index (χ1n) is 6.14. The van der Waals surface area contributed by atoms with Crippen LogP contribution in [0.25, 0.3) is 11.0 Å². The summed E-state index contributed by atoms with van der Waals surface area (Å²) in [5, 5.41) is 18.7. The third-order valence-electron chi connectivity index (χ3n) is 2.76. The Hall–Kier alpha value is -1.85. The molecule has 1 aromatic carbocycles. The first-order chi connectivity index (χ1) is 9.19. The van der Waals surface area contributed by atoms with Crippen molar-refractivity contribution in [3.8, 4) is 5.75 Å². The number of fused-ring (bicyclic) bond motifs is 1. The number of ether oxygens (including phenoxy) is 1. The van der Waals surface area contributed by atoms with Gasteiger partial charge in [-0.05, 0) is 31.0 Å². The average Bonchev–Trinajstić information content (AvgIpc) is 2.42. The molecule has 0 amide bonds. The zero-order valence-electron chi connectivity index (χ0n) is 10.4. The highest BCUT2D eigenvalue weighted by atomic mass is 16.5. The van der Waals surface area contributed by atoms with Crippen LogP contribution in [0.5, 0.6) is 5.75 Å². The van der Waals surface area contributed by atoms with E-state index in [-0.39, 0.29) is 6.61 Å². The van der Waals surface area contributed by atoms with Crippen LogP contribution in [-0.4, -0.2) is 29.5 Å². The lowest BCUT2D eigenvalue weighted by Crippen LogP contribution is -2.13. The number of aliphatic hydroxyl groups is 2. The Labute approximate surface area is 110 Å². The van der Waals surface area contributed by atoms with E-state index in [1.165, 1.54) is 6.07 Å². The molecule has 0 bridgehead atoms. The Morgan fingerprint density at radius 1 is 1.26 bits per heavy atom. The van der Waals surface area contributed by atoms with E-state index in [2.05, 4.69) is 0 Å². The van der Waals surface area contributed by atoms with Gasteiger partial charge in [0.05, 0.1) is 19.3 Å². The lowest BCUT2D eigenvalue weighted by atomic mass is 10.2. The molecule has 0 spiro atoms. The van der Waals surface area contributed by atoms with Crippen molar-refractivity contribution in [1.29, 1.82) is 0 Å². The molecule has 0 unspecified atom stereocenters. The van der Waals surface area contributed by atoms with Gasteiger partial charge in [-0.25, -0.2) is 4.79 Å². The van der Waals surface area contributed by atoms with E-state index < -0.39 is 11.7 Å². The zero-order chi connectivity index (χ0) is 13.7. The smallest absolute Gasteiger partial charge is 0.336 e. The van der Waals surface area contributed by atoms with E-state index >= 15 is 0 Å². The molecule has 19 heavy (non-hydrogen) atoms. The van der Waals surface area contributed by atoms with Crippen LogP contribution in [0.1, 0.15) is 12.8 Å². The third-order valence-corrected chi connectivity index (χ3v) is 2.76. The van der Waals surface area contributed by atoms with E-state index in [9.17, 15) is 9.90 Å².